The standard InChI is InChI=1S/C24H52N2O12.C15H34N2O7.C8H20N2O4.C4H12N2O2/c25-1-2-27-3-4-28-5-6-29-7-8-30-9-10-31-11-12-32-13-14-33-15-16-34-17-18-35-19-20-36-21-22-37-23-24-38-26;16-2-5-18-3-1-4-19-6-7-20-8-9-21-10-11-22-12-13-23-14-15-24-17;9-1-2-11-3-4-12-5-6-13-7-8-14-10;5-1-2-7-3-4-8-6/h1-26H2;1-17H2;1-10H2;1-6H2. The average Bonchev–Trinajstić information content (AvgIpc) is 3.51. The van der Waals surface area contributed by atoms with Crippen molar-refractivity contribution in [1.82, 2.24) is 0 Å². The van der Waals surface area contributed by atoms with Gasteiger partial charge in [-0.2, -0.15) is 0 Å². The van der Waals surface area contributed by atoms with Gasteiger partial charge < -0.3 is 142 Å². The minimum absolute atomic E-state index is 0.374. The normalized spacial score (nSPS) is 11.1. The van der Waals surface area contributed by atoms with E-state index in [1.54, 1.807) is 0 Å². The Balaban J connectivity index is -0.000000586. The molecule has 33 nitrogen and oxygen atoms in total. The lowest BCUT2D eigenvalue weighted by atomic mass is 10.5. The van der Waals surface area contributed by atoms with E-state index < -0.39 is 0 Å². The van der Waals surface area contributed by atoms with Crippen LogP contribution < -0.4 is 46.5 Å². The van der Waals surface area contributed by atoms with E-state index in [0.717, 1.165) is 6.42 Å². The van der Waals surface area contributed by atoms with Gasteiger partial charge in [0.2, 0.25) is 0 Å². The van der Waals surface area contributed by atoms with Crippen LogP contribution in [0.3, 0.4) is 0 Å². The van der Waals surface area contributed by atoms with Crippen molar-refractivity contribution in [2.75, 3.05) is 330 Å². The predicted octanol–water partition coefficient (Wildman–Crippen LogP) is -3.92. The number of rotatable bonds is 72. The van der Waals surface area contributed by atoms with Crippen LogP contribution in [-0.4, -0.2) is 330 Å². The van der Waals surface area contributed by atoms with Crippen LogP contribution in [-0.2, 0) is 119 Å². The van der Waals surface area contributed by atoms with E-state index in [4.69, 9.17) is 146 Å². The molecule has 16 N–H and O–H groups in total. The minimum atomic E-state index is 0.374. The first kappa shape index (κ1) is 89.1. The molecule has 0 aliphatic carbocycles. The lowest BCUT2D eigenvalue weighted by Crippen LogP contribution is -2.16. The summed E-state index contributed by atoms with van der Waals surface area (Å²) in [5.74, 6) is 19.2. The van der Waals surface area contributed by atoms with Gasteiger partial charge in [0.1, 0.15) is 0 Å². The van der Waals surface area contributed by atoms with Crippen molar-refractivity contribution in [1.29, 1.82) is 0 Å². The van der Waals surface area contributed by atoms with E-state index in [-0.39, 0.29) is 0 Å². The summed E-state index contributed by atoms with van der Waals surface area (Å²) in [6, 6.07) is 0. The fourth-order valence-electron chi connectivity index (χ4n) is 5.05. The van der Waals surface area contributed by atoms with Crippen LogP contribution in [0.4, 0.5) is 0 Å². The molecule has 0 bridgehead atoms. The molecule has 0 aromatic heterocycles. The van der Waals surface area contributed by atoms with Gasteiger partial charge in [-0.25, -0.2) is 23.6 Å². The molecule has 512 valence electrons. The molecular formula is C51H118N8O25. The zero-order chi connectivity index (χ0) is 61.7. The van der Waals surface area contributed by atoms with E-state index in [9.17, 15) is 0 Å². The first-order valence-electron chi connectivity index (χ1n) is 28.9. The van der Waals surface area contributed by atoms with E-state index in [1.807, 2.05) is 0 Å². The van der Waals surface area contributed by atoms with E-state index >= 15 is 0 Å². The van der Waals surface area contributed by atoms with Crippen LogP contribution in [0.1, 0.15) is 6.42 Å². The number of hydrogen-bond acceptors (Lipinski definition) is 33. The minimum Gasteiger partial charge on any atom is -0.380 e. The highest BCUT2D eigenvalue weighted by Gasteiger charge is 1.99. The van der Waals surface area contributed by atoms with Gasteiger partial charge in [0.05, 0.1) is 291 Å². The zero-order valence-electron chi connectivity index (χ0n) is 50.9. The van der Waals surface area contributed by atoms with Gasteiger partial charge in [-0.3, -0.25) is 0 Å². The lowest BCUT2D eigenvalue weighted by Gasteiger charge is -2.09. The van der Waals surface area contributed by atoms with Crippen molar-refractivity contribution >= 4 is 0 Å². The van der Waals surface area contributed by atoms with Crippen LogP contribution in [0.25, 0.3) is 0 Å². The third-order valence-corrected chi connectivity index (χ3v) is 8.96. The van der Waals surface area contributed by atoms with Crippen molar-refractivity contribution in [2.45, 2.75) is 6.42 Å². The molecule has 0 aliphatic heterocycles. The molecule has 0 radical (unpaired) electrons. The Hall–Kier alpha value is -1.32. The Kier molecular flexibility index (Phi) is 101. The summed E-state index contributed by atoms with van der Waals surface area (Å²) in [4.78, 5) is 17.3. The number of hydrogen-bond donors (Lipinski definition) is 8. The summed E-state index contributed by atoms with van der Waals surface area (Å²) in [6.07, 6.45) is 0.870. The third-order valence-electron chi connectivity index (χ3n) is 8.96. The summed E-state index contributed by atoms with van der Waals surface area (Å²) in [5.41, 5.74) is 21.0. The lowest BCUT2D eigenvalue weighted by molar-refractivity contribution is -0.0283. The molecule has 0 aliphatic rings. The molecule has 84 heavy (non-hydrogen) atoms. The average molecular weight is 1240 g/mol. The molecule has 0 aromatic carbocycles. The Morgan fingerprint density at radius 3 is 0.333 bits per heavy atom. The van der Waals surface area contributed by atoms with Crippen molar-refractivity contribution in [2.24, 2.45) is 46.5 Å². The predicted molar refractivity (Wildman–Crippen MR) is 309 cm³/mol. The Morgan fingerprint density at radius 1 is 0.119 bits per heavy atom. The van der Waals surface area contributed by atoms with Crippen LogP contribution >= 0.6 is 0 Å². The van der Waals surface area contributed by atoms with Gasteiger partial charge in [0, 0.05) is 39.4 Å². The molecule has 0 unspecified atom stereocenters. The number of ether oxygens (including phenoxy) is 21. The summed E-state index contributed by atoms with van der Waals surface area (Å²) in [5, 5.41) is 0. The molecule has 0 atom stereocenters. The molecular weight excluding hydrogens is 1120 g/mol. The van der Waals surface area contributed by atoms with Crippen molar-refractivity contribution in [3.8, 4) is 0 Å². The summed E-state index contributed by atoms with van der Waals surface area (Å²) in [7, 11) is 0. The van der Waals surface area contributed by atoms with Gasteiger partial charge in [-0.1, -0.05) is 0 Å². The Bertz CT molecular complexity index is 981. The maximum absolute atomic E-state index is 5.45. The summed E-state index contributed by atoms with van der Waals surface area (Å²) < 4.78 is 111. The Morgan fingerprint density at radius 2 is 0.214 bits per heavy atom. The van der Waals surface area contributed by atoms with Crippen molar-refractivity contribution in [3.05, 3.63) is 0 Å². The molecule has 0 saturated carbocycles. The first-order valence-corrected chi connectivity index (χ1v) is 28.9. The SMILES string of the molecule is NCCOCCCOCCOCCOCCOCCOCCON.NCCOCCOCCOCCOCCOCCOCCOCCOCCOCCOCCOCCON.NCCOCCOCCOCCON.NCCOCCON. The van der Waals surface area contributed by atoms with Gasteiger partial charge in [-0.05, 0) is 6.42 Å². The molecule has 0 spiro atoms. The van der Waals surface area contributed by atoms with E-state index in [1.165, 1.54) is 0 Å². The van der Waals surface area contributed by atoms with Crippen molar-refractivity contribution < 1.29 is 119 Å². The quantitative estimate of drug-likeness (QED) is 0.0213. The number of nitrogens with two attached hydrogens (primary N) is 8. The van der Waals surface area contributed by atoms with Gasteiger partial charge in [-0.15, -0.1) is 0 Å². The fraction of sp³-hybridized carbons (Fsp3) is 1.00. The second kappa shape index (κ2) is 95.3. The highest BCUT2D eigenvalue weighted by atomic mass is 16.6. The second-order valence-electron chi connectivity index (χ2n) is 15.9. The van der Waals surface area contributed by atoms with Crippen LogP contribution in [0.2, 0.25) is 0 Å². The van der Waals surface area contributed by atoms with Crippen LogP contribution in [0, 0.1) is 0 Å². The van der Waals surface area contributed by atoms with Gasteiger partial charge in [0.25, 0.3) is 0 Å². The monoisotopic (exact) mass is 1240 g/mol. The molecule has 0 saturated heterocycles. The highest BCUT2D eigenvalue weighted by Crippen LogP contribution is 1.90. The third kappa shape index (κ3) is 103. The fourth-order valence-corrected chi connectivity index (χ4v) is 5.05. The second-order valence-corrected chi connectivity index (χ2v) is 15.9. The molecule has 0 heterocycles. The molecule has 33 heteroatoms. The summed E-state index contributed by atoms with van der Waals surface area (Å²) >= 11 is 0. The molecule has 0 fully saturated rings. The van der Waals surface area contributed by atoms with Crippen LogP contribution in [0.15, 0.2) is 0 Å². The van der Waals surface area contributed by atoms with Crippen LogP contribution in [0.5, 0.6) is 0 Å². The van der Waals surface area contributed by atoms with Crippen molar-refractivity contribution in [3.63, 3.8) is 0 Å². The maximum Gasteiger partial charge on any atom is 0.0913 e. The zero-order valence-corrected chi connectivity index (χ0v) is 50.9. The first-order chi connectivity index (χ1) is 41.7. The summed E-state index contributed by atoms with van der Waals surface area (Å²) in [6.45, 7) is 26.3. The molecule has 0 aromatic rings. The smallest absolute Gasteiger partial charge is 0.0913 e. The topological polar surface area (TPSA) is 439 Å². The van der Waals surface area contributed by atoms with E-state index in [2.05, 4.69) is 19.4 Å². The molecule has 0 rings (SSSR count). The maximum atomic E-state index is 5.45. The van der Waals surface area contributed by atoms with Gasteiger partial charge >= 0.3 is 0 Å². The largest absolute Gasteiger partial charge is 0.380 e. The molecule has 0 amide bonds. The van der Waals surface area contributed by atoms with E-state index in [0.29, 0.717) is 330 Å². The highest BCUT2D eigenvalue weighted by molar-refractivity contribution is 4.42. The van der Waals surface area contributed by atoms with Gasteiger partial charge in [0.15, 0.2) is 0 Å². The Labute approximate surface area is 500 Å².